The normalized spacial score (nSPS) is 25.9. The standard InChI is InChI=1S/C19H27NO2/c1-22-16-11-9-14(10-12-16)17-13-18(17)19(21)20-15-7-5-3-2-4-6-8-15/h9-12,15,17-18H,2-8,13H2,1H3,(H,20,21). The van der Waals surface area contributed by atoms with E-state index in [9.17, 15) is 4.79 Å². The molecular weight excluding hydrogens is 274 g/mol. The molecule has 2 aliphatic carbocycles. The predicted octanol–water partition coefficient (Wildman–Crippen LogP) is 4.03. The molecule has 0 bridgehead atoms. The van der Waals surface area contributed by atoms with Gasteiger partial charge in [0.1, 0.15) is 5.75 Å². The van der Waals surface area contributed by atoms with Crippen LogP contribution in [0, 0.1) is 5.92 Å². The Morgan fingerprint density at radius 2 is 1.68 bits per heavy atom. The number of ether oxygens (including phenoxy) is 1. The summed E-state index contributed by atoms with van der Waals surface area (Å²) in [5.41, 5.74) is 1.26. The van der Waals surface area contributed by atoms with Gasteiger partial charge >= 0.3 is 0 Å². The zero-order valence-corrected chi connectivity index (χ0v) is 13.5. The van der Waals surface area contributed by atoms with Gasteiger partial charge in [-0.2, -0.15) is 0 Å². The molecule has 0 heterocycles. The highest BCUT2D eigenvalue weighted by Crippen LogP contribution is 2.47. The third-order valence-electron chi connectivity index (χ3n) is 5.12. The Labute approximate surface area is 133 Å². The van der Waals surface area contributed by atoms with E-state index in [-0.39, 0.29) is 11.8 Å². The third kappa shape index (κ3) is 3.82. The van der Waals surface area contributed by atoms with Crippen LogP contribution in [0.25, 0.3) is 0 Å². The predicted molar refractivity (Wildman–Crippen MR) is 88.1 cm³/mol. The second-order valence-corrected chi connectivity index (χ2v) is 6.77. The number of amides is 1. The van der Waals surface area contributed by atoms with Crippen LogP contribution in [0.1, 0.15) is 62.8 Å². The lowest BCUT2D eigenvalue weighted by molar-refractivity contribution is -0.123. The van der Waals surface area contributed by atoms with Gasteiger partial charge in [-0.15, -0.1) is 0 Å². The molecule has 2 saturated carbocycles. The van der Waals surface area contributed by atoms with Crippen molar-refractivity contribution < 1.29 is 9.53 Å². The fourth-order valence-corrected chi connectivity index (χ4v) is 3.61. The number of hydrogen-bond donors (Lipinski definition) is 1. The van der Waals surface area contributed by atoms with Gasteiger partial charge in [0.25, 0.3) is 0 Å². The van der Waals surface area contributed by atoms with E-state index in [2.05, 4.69) is 17.4 Å². The van der Waals surface area contributed by atoms with Crippen LogP contribution in [0.2, 0.25) is 0 Å². The molecule has 0 saturated heterocycles. The van der Waals surface area contributed by atoms with Gasteiger partial charge < -0.3 is 10.1 Å². The molecular formula is C19H27NO2. The minimum Gasteiger partial charge on any atom is -0.497 e. The highest BCUT2D eigenvalue weighted by molar-refractivity contribution is 5.83. The van der Waals surface area contributed by atoms with Crippen molar-refractivity contribution in [1.82, 2.24) is 5.32 Å². The number of benzene rings is 1. The minimum atomic E-state index is 0.179. The molecule has 1 amide bonds. The first-order chi connectivity index (χ1) is 10.8. The Morgan fingerprint density at radius 3 is 2.32 bits per heavy atom. The lowest BCUT2D eigenvalue weighted by atomic mass is 9.96. The van der Waals surface area contributed by atoms with Crippen LogP contribution in [0.4, 0.5) is 0 Å². The summed E-state index contributed by atoms with van der Waals surface area (Å²) in [4.78, 5) is 12.4. The van der Waals surface area contributed by atoms with Gasteiger partial charge in [-0.25, -0.2) is 0 Å². The molecule has 1 N–H and O–H groups in total. The number of hydrogen-bond acceptors (Lipinski definition) is 2. The molecule has 3 nitrogen and oxygen atoms in total. The molecule has 1 aromatic rings. The van der Waals surface area contributed by atoms with Gasteiger partial charge in [0.2, 0.25) is 5.91 Å². The smallest absolute Gasteiger partial charge is 0.223 e. The monoisotopic (exact) mass is 301 g/mol. The zero-order chi connectivity index (χ0) is 15.4. The largest absolute Gasteiger partial charge is 0.497 e. The summed E-state index contributed by atoms with van der Waals surface area (Å²) in [5.74, 6) is 1.73. The summed E-state index contributed by atoms with van der Waals surface area (Å²) in [6.07, 6.45) is 9.84. The van der Waals surface area contributed by atoms with E-state index in [1.54, 1.807) is 7.11 Å². The molecule has 0 aromatic heterocycles. The van der Waals surface area contributed by atoms with Gasteiger partial charge in [0, 0.05) is 12.0 Å². The Hall–Kier alpha value is -1.51. The van der Waals surface area contributed by atoms with Crippen molar-refractivity contribution in [2.45, 2.75) is 63.3 Å². The van der Waals surface area contributed by atoms with Crippen LogP contribution in [-0.4, -0.2) is 19.1 Å². The highest BCUT2D eigenvalue weighted by Gasteiger charge is 2.44. The van der Waals surface area contributed by atoms with Crippen molar-refractivity contribution in [3.63, 3.8) is 0 Å². The summed E-state index contributed by atoms with van der Waals surface area (Å²) in [6.45, 7) is 0. The minimum absolute atomic E-state index is 0.179. The zero-order valence-electron chi connectivity index (χ0n) is 13.5. The quantitative estimate of drug-likeness (QED) is 0.912. The molecule has 2 atom stereocenters. The molecule has 3 rings (SSSR count). The molecule has 0 spiro atoms. The summed E-state index contributed by atoms with van der Waals surface area (Å²) in [7, 11) is 1.68. The molecule has 22 heavy (non-hydrogen) atoms. The summed E-state index contributed by atoms with van der Waals surface area (Å²) >= 11 is 0. The Bertz CT molecular complexity index is 489. The second-order valence-electron chi connectivity index (χ2n) is 6.77. The second kappa shape index (κ2) is 7.17. The lowest BCUT2D eigenvalue weighted by Crippen LogP contribution is -2.36. The van der Waals surface area contributed by atoms with Gasteiger partial charge in [-0.1, -0.05) is 44.2 Å². The average molecular weight is 301 g/mol. The van der Waals surface area contributed by atoms with Crippen LogP contribution in [-0.2, 0) is 4.79 Å². The van der Waals surface area contributed by atoms with Crippen molar-refractivity contribution in [3.8, 4) is 5.75 Å². The van der Waals surface area contributed by atoms with E-state index in [1.807, 2.05) is 12.1 Å². The molecule has 2 unspecified atom stereocenters. The third-order valence-corrected chi connectivity index (χ3v) is 5.12. The summed E-state index contributed by atoms with van der Waals surface area (Å²) < 4.78 is 5.19. The Kier molecular flexibility index (Phi) is 5.01. The Balaban J connectivity index is 1.51. The van der Waals surface area contributed by atoms with Crippen LogP contribution in [0.5, 0.6) is 5.75 Å². The number of rotatable bonds is 4. The fraction of sp³-hybridized carbons (Fsp3) is 0.632. The van der Waals surface area contributed by atoms with Crippen molar-refractivity contribution in [3.05, 3.63) is 29.8 Å². The maximum atomic E-state index is 12.4. The topological polar surface area (TPSA) is 38.3 Å². The molecule has 0 aliphatic heterocycles. The van der Waals surface area contributed by atoms with Crippen LogP contribution >= 0.6 is 0 Å². The first-order valence-corrected chi connectivity index (χ1v) is 8.72. The molecule has 2 aliphatic rings. The van der Waals surface area contributed by atoms with E-state index in [0.29, 0.717) is 12.0 Å². The highest BCUT2D eigenvalue weighted by atomic mass is 16.5. The Morgan fingerprint density at radius 1 is 1.05 bits per heavy atom. The maximum absolute atomic E-state index is 12.4. The molecule has 2 fully saturated rings. The van der Waals surface area contributed by atoms with Gasteiger partial charge in [-0.3, -0.25) is 4.79 Å². The number of carbonyl (C=O) groups is 1. The van der Waals surface area contributed by atoms with E-state index < -0.39 is 0 Å². The summed E-state index contributed by atoms with van der Waals surface area (Å²) in [6, 6.07) is 8.55. The molecule has 1 aromatic carbocycles. The maximum Gasteiger partial charge on any atom is 0.223 e. The van der Waals surface area contributed by atoms with Crippen molar-refractivity contribution in [2.24, 2.45) is 5.92 Å². The van der Waals surface area contributed by atoms with E-state index >= 15 is 0 Å². The van der Waals surface area contributed by atoms with Crippen LogP contribution < -0.4 is 10.1 Å². The lowest BCUT2D eigenvalue weighted by Gasteiger charge is -2.21. The number of methoxy groups -OCH3 is 1. The number of nitrogens with one attached hydrogen (secondary N) is 1. The molecule has 3 heteroatoms. The molecule has 0 radical (unpaired) electrons. The average Bonchev–Trinajstić information content (AvgIpc) is 3.30. The number of carbonyl (C=O) groups excluding carboxylic acids is 1. The van der Waals surface area contributed by atoms with E-state index in [4.69, 9.17) is 4.74 Å². The van der Waals surface area contributed by atoms with Crippen molar-refractivity contribution in [1.29, 1.82) is 0 Å². The summed E-state index contributed by atoms with van der Waals surface area (Å²) in [5, 5.41) is 3.31. The van der Waals surface area contributed by atoms with Crippen molar-refractivity contribution >= 4 is 5.91 Å². The van der Waals surface area contributed by atoms with E-state index in [0.717, 1.165) is 25.0 Å². The van der Waals surface area contributed by atoms with Gasteiger partial charge in [0.05, 0.1) is 7.11 Å². The molecule has 120 valence electrons. The fourth-order valence-electron chi connectivity index (χ4n) is 3.61. The van der Waals surface area contributed by atoms with Gasteiger partial charge in [-0.05, 0) is 42.9 Å². The van der Waals surface area contributed by atoms with E-state index in [1.165, 1.54) is 37.7 Å². The first-order valence-electron chi connectivity index (χ1n) is 8.72. The van der Waals surface area contributed by atoms with Crippen LogP contribution in [0.15, 0.2) is 24.3 Å². The van der Waals surface area contributed by atoms with Crippen LogP contribution in [0.3, 0.4) is 0 Å². The van der Waals surface area contributed by atoms with Crippen molar-refractivity contribution in [2.75, 3.05) is 7.11 Å². The van der Waals surface area contributed by atoms with Gasteiger partial charge in [0.15, 0.2) is 0 Å². The first kappa shape index (κ1) is 15.4. The SMILES string of the molecule is COc1ccc(C2CC2C(=O)NC2CCCCCCC2)cc1.